The third kappa shape index (κ3) is 2.96. The number of aromatic nitrogens is 3. The van der Waals surface area contributed by atoms with Crippen molar-refractivity contribution in [3.63, 3.8) is 0 Å². The van der Waals surface area contributed by atoms with Crippen molar-refractivity contribution in [3.8, 4) is 11.4 Å². The van der Waals surface area contributed by atoms with Crippen LogP contribution in [0, 0.1) is 0 Å². The molecule has 1 N–H and O–H groups in total. The van der Waals surface area contributed by atoms with Crippen LogP contribution in [0.3, 0.4) is 0 Å². The topological polar surface area (TPSA) is 53.9 Å². The van der Waals surface area contributed by atoms with Crippen LogP contribution in [-0.2, 0) is 6.42 Å². The molecule has 1 aliphatic heterocycles. The van der Waals surface area contributed by atoms with Crippen molar-refractivity contribution in [3.05, 3.63) is 29.8 Å². The molecule has 0 saturated carbocycles. The van der Waals surface area contributed by atoms with Crippen LogP contribution in [0.1, 0.15) is 25.3 Å². The van der Waals surface area contributed by atoms with Crippen molar-refractivity contribution in [2.75, 3.05) is 30.4 Å². The summed E-state index contributed by atoms with van der Waals surface area (Å²) in [5.74, 6) is 2.15. The van der Waals surface area contributed by atoms with E-state index in [0.29, 0.717) is 5.95 Å². The number of hydrogen-bond acceptors (Lipinski definition) is 5. The number of nitrogens with zero attached hydrogens (tertiary/aromatic N) is 4. The highest BCUT2D eigenvalue weighted by molar-refractivity contribution is 5.59. The Morgan fingerprint density at radius 1 is 1.14 bits per heavy atom. The standard InChI is InChI=1S/C16H21N5/c1-3-12-7-6-8-13(11-12)14-18-15(17-2)20-16(19-14)21-9-4-5-10-21/h6-8,11H,3-5,9-10H2,1-2H3,(H,17,18,19,20). The van der Waals surface area contributed by atoms with Gasteiger partial charge in [0.25, 0.3) is 0 Å². The average molecular weight is 283 g/mol. The number of aryl methyl sites for hydroxylation is 1. The van der Waals surface area contributed by atoms with Gasteiger partial charge in [-0.2, -0.15) is 15.0 Å². The fourth-order valence-corrected chi connectivity index (χ4v) is 2.59. The summed E-state index contributed by atoms with van der Waals surface area (Å²) in [6, 6.07) is 8.40. The number of hydrogen-bond donors (Lipinski definition) is 1. The molecule has 2 aromatic rings. The second-order valence-corrected chi connectivity index (χ2v) is 5.28. The van der Waals surface area contributed by atoms with Crippen LogP contribution in [0.25, 0.3) is 11.4 Å². The molecule has 0 radical (unpaired) electrons. The van der Waals surface area contributed by atoms with E-state index in [4.69, 9.17) is 0 Å². The molecule has 5 nitrogen and oxygen atoms in total. The first kappa shape index (κ1) is 13.8. The highest BCUT2D eigenvalue weighted by Crippen LogP contribution is 2.22. The van der Waals surface area contributed by atoms with E-state index in [2.05, 4.69) is 56.4 Å². The van der Waals surface area contributed by atoms with Crippen LogP contribution in [0.4, 0.5) is 11.9 Å². The van der Waals surface area contributed by atoms with E-state index in [1.165, 1.54) is 18.4 Å². The van der Waals surface area contributed by atoms with Gasteiger partial charge >= 0.3 is 0 Å². The molecule has 0 amide bonds. The maximum absolute atomic E-state index is 4.67. The Kier molecular flexibility index (Phi) is 3.99. The van der Waals surface area contributed by atoms with Gasteiger partial charge in [-0.25, -0.2) is 0 Å². The minimum atomic E-state index is 0.629. The van der Waals surface area contributed by atoms with E-state index < -0.39 is 0 Å². The van der Waals surface area contributed by atoms with Crippen molar-refractivity contribution in [1.82, 2.24) is 15.0 Å². The van der Waals surface area contributed by atoms with E-state index in [1.807, 2.05) is 7.05 Å². The van der Waals surface area contributed by atoms with Crippen LogP contribution >= 0.6 is 0 Å². The van der Waals surface area contributed by atoms with Gasteiger partial charge in [-0.1, -0.05) is 25.1 Å². The van der Waals surface area contributed by atoms with Crippen molar-refractivity contribution in [2.24, 2.45) is 0 Å². The highest BCUT2D eigenvalue weighted by atomic mass is 15.3. The summed E-state index contributed by atoms with van der Waals surface area (Å²) in [6.45, 7) is 4.21. The Balaban J connectivity index is 2.02. The summed E-state index contributed by atoms with van der Waals surface area (Å²) in [7, 11) is 1.84. The second-order valence-electron chi connectivity index (χ2n) is 5.28. The minimum Gasteiger partial charge on any atom is -0.357 e. The monoisotopic (exact) mass is 283 g/mol. The lowest BCUT2D eigenvalue weighted by Gasteiger charge is -2.16. The molecule has 0 bridgehead atoms. The molecule has 110 valence electrons. The van der Waals surface area contributed by atoms with Crippen molar-refractivity contribution in [2.45, 2.75) is 26.2 Å². The third-order valence-corrected chi connectivity index (χ3v) is 3.83. The quantitative estimate of drug-likeness (QED) is 0.935. The molecule has 1 aliphatic rings. The first-order chi connectivity index (χ1) is 10.3. The zero-order chi connectivity index (χ0) is 14.7. The van der Waals surface area contributed by atoms with Crippen molar-refractivity contribution < 1.29 is 0 Å². The van der Waals surface area contributed by atoms with Gasteiger partial charge in [-0.15, -0.1) is 0 Å². The number of rotatable bonds is 4. The molecule has 1 aromatic heterocycles. The third-order valence-electron chi connectivity index (χ3n) is 3.83. The highest BCUT2D eigenvalue weighted by Gasteiger charge is 2.17. The van der Waals surface area contributed by atoms with Gasteiger partial charge in [0.15, 0.2) is 5.82 Å². The lowest BCUT2D eigenvalue weighted by atomic mass is 10.1. The van der Waals surface area contributed by atoms with Crippen LogP contribution in [-0.4, -0.2) is 35.1 Å². The maximum Gasteiger partial charge on any atom is 0.230 e. The van der Waals surface area contributed by atoms with Gasteiger partial charge in [-0.05, 0) is 30.9 Å². The molecule has 21 heavy (non-hydrogen) atoms. The zero-order valence-electron chi connectivity index (χ0n) is 12.6. The fourth-order valence-electron chi connectivity index (χ4n) is 2.59. The van der Waals surface area contributed by atoms with Gasteiger partial charge in [0.1, 0.15) is 0 Å². The second kappa shape index (κ2) is 6.08. The van der Waals surface area contributed by atoms with Crippen LogP contribution in [0.2, 0.25) is 0 Å². The maximum atomic E-state index is 4.67. The number of nitrogens with one attached hydrogen (secondary N) is 1. The Labute approximate surface area is 125 Å². The molecule has 2 heterocycles. The predicted octanol–water partition coefficient (Wildman–Crippen LogP) is 2.74. The van der Waals surface area contributed by atoms with Crippen molar-refractivity contribution in [1.29, 1.82) is 0 Å². The lowest BCUT2D eigenvalue weighted by molar-refractivity contribution is 0.884. The Bertz CT molecular complexity index is 620. The van der Waals surface area contributed by atoms with Gasteiger partial charge in [0.2, 0.25) is 11.9 Å². The van der Waals surface area contributed by atoms with Crippen molar-refractivity contribution >= 4 is 11.9 Å². The van der Waals surface area contributed by atoms with E-state index in [-0.39, 0.29) is 0 Å². The van der Waals surface area contributed by atoms with E-state index in [1.54, 1.807) is 0 Å². The number of anilines is 2. The van der Waals surface area contributed by atoms with E-state index >= 15 is 0 Å². The van der Waals surface area contributed by atoms with Crippen LogP contribution in [0.15, 0.2) is 24.3 Å². The molecule has 1 fully saturated rings. The van der Waals surface area contributed by atoms with Crippen LogP contribution < -0.4 is 10.2 Å². The summed E-state index contributed by atoms with van der Waals surface area (Å²) >= 11 is 0. The van der Waals surface area contributed by atoms with E-state index in [0.717, 1.165) is 36.8 Å². The molecule has 5 heteroatoms. The van der Waals surface area contributed by atoms with Gasteiger partial charge in [0, 0.05) is 25.7 Å². The average Bonchev–Trinajstić information content (AvgIpc) is 3.09. The molecule has 0 spiro atoms. The molecule has 3 rings (SSSR count). The molecule has 0 atom stereocenters. The summed E-state index contributed by atoms with van der Waals surface area (Å²) < 4.78 is 0. The Morgan fingerprint density at radius 3 is 2.67 bits per heavy atom. The first-order valence-electron chi connectivity index (χ1n) is 7.58. The Hall–Kier alpha value is -2.17. The summed E-state index contributed by atoms with van der Waals surface area (Å²) in [6.07, 6.45) is 3.43. The summed E-state index contributed by atoms with van der Waals surface area (Å²) in [5, 5.41) is 3.04. The van der Waals surface area contributed by atoms with Gasteiger partial charge in [0.05, 0.1) is 0 Å². The molecule has 1 aromatic carbocycles. The zero-order valence-corrected chi connectivity index (χ0v) is 12.6. The largest absolute Gasteiger partial charge is 0.357 e. The normalized spacial score (nSPS) is 14.5. The van der Waals surface area contributed by atoms with Crippen LogP contribution in [0.5, 0.6) is 0 Å². The predicted molar refractivity (Wildman–Crippen MR) is 85.6 cm³/mol. The van der Waals surface area contributed by atoms with E-state index in [9.17, 15) is 0 Å². The minimum absolute atomic E-state index is 0.629. The van der Waals surface area contributed by atoms with Gasteiger partial charge < -0.3 is 10.2 Å². The summed E-state index contributed by atoms with van der Waals surface area (Å²) in [5.41, 5.74) is 2.34. The molecule has 0 unspecified atom stereocenters. The fraction of sp³-hybridized carbons (Fsp3) is 0.438. The molecule has 0 aliphatic carbocycles. The van der Waals surface area contributed by atoms with Gasteiger partial charge in [-0.3, -0.25) is 0 Å². The Morgan fingerprint density at radius 2 is 1.95 bits per heavy atom. The smallest absolute Gasteiger partial charge is 0.230 e. The molecular weight excluding hydrogens is 262 g/mol. The number of benzene rings is 1. The lowest BCUT2D eigenvalue weighted by Crippen LogP contribution is -2.21. The first-order valence-corrected chi connectivity index (χ1v) is 7.58. The molecular formula is C16H21N5. The SMILES string of the molecule is CCc1cccc(-c2nc(NC)nc(N3CCCC3)n2)c1. The molecule has 1 saturated heterocycles. The summed E-state index contributed by atoms with van der Waals surface area (Å²) in [4.78, 5) is 15.9.